The van der Waals surface area contributed by atoms with E-state index in [1.165, 1.54) is 16.9 Å². The molecule has 0 aliphatic rings. The summed E-state index contributed by atoms with van der Waals surface area (Å²) in [5, 5.41) is 15.5. The van der Waals surface area contributed by atoms with E-state index < -0.39 is 10.5 Å². The van der Waals surface area contributed by atoms with Crippen molar-refractivity contribution >= 4 is 32.7 Å². The maximum Gasteiger partial charge on any atom is 0.404 e. The Morgan fingerprint density at radius 1 is 1.41 bits per heavy atom. The van der Waals surface area contributed by atoms with Gasteiger partial charge in [-0.1, -0.05) is 12.1 Å². The molecular weight excluding hydrogens is 354 g/mol. The molecule has 2 heterocycles. The van der Waals surface area contributed by atoms with Crippen LogP contribution in [-0.4, -0.2) is 14.7 Å². The van der Waals surface area contributed by atoms with E-state index in [-0.39, 0.29) is 12.4 Å². The van der Waals surface area contributed by atoms with Gasteiger partial charge in [-0.25, -0.2) is 4.79 Å². The molecule has 0 saturated heterocycles. The lowest BCUT2D eigenvalue weighted by atomic mass is 10.1. The predicted octanol–water partition coefficient (Wildman–Crippen LogP) is 3.02. The van der Waals surface area contributed by atoms with Gasteiger partial charge in [0.05, 0.1) is 17.8 Å². The molecule has 0 spiro atoms. The van der Waals surface area contributed by atoms with Gasteiger partial charge >= 0.3 is 11.4 Å². The summed E-state index contributed by atoms with van der Waals surface area (Å²) in [5.74, 6) is -0.261. The fourth-order valence-corrected chi connectivity index (χ4v) is 2.69. The number of nitro groups is 1. The Kier molecular flexibility index (Phi) is 3.53. The zero-order valence-corrected chi connectivity index (χ0v) is 13.0. The van der Waals surface area contributed by atoms with E-state index in [4.69, 9.17) is 4.42 Å². The van der Waals surface area contributed by atoms with Crippen molar-refractivity contribution in [2.45, 2.75) is 13.5 Å². The van der Waals surface area contributed by atoms with E-state index in [1.54, 1.807) is 6.07 Å². The molecule has 0 radical (unpaired) electrons. The number of aromatic nitrogens is 2. The fraction of sp³-hybridized carbons (Fsp3) is 0.143. The quantitative estimate of drug-likeness (QED) is 0.405. The van der Waals surface area contributed by atoms with E-state index >= 15 is 0 Å². The van der Waals surface area contributed by atoms with E-state index in [0.29, 0.717) is 15.6 Å². The Labute approximate surface area is 132 Å². The molecule has 0 atom stereocenters. The Morgan fingerprint density at radius 2 is 2.18 bits per heavy atom. The Hall–Kier alpha value is -2.48. The highest BCUT2D eigenvalue weighted by Gasteiger charge is 2.19. The molecular formula is C14H10BrN3O4. The number of halogens is 1. The van der Waals surface area contributed by atoms with Gasteiger partial charge in [0.1, 0.15) is 10.1 Å². The minimum atomic E-state index is -0.568. The molecule has 3 aromatic rings. The molecule has 7 nitrogen and oxygen atoms in total. The summed E-state index contributed by atoms with van der Waals surface area (Å²) in [5.41, 5.74) is 1.69. The third-order valence-corrected chi connectivity index (χ3v) is 3.75. The summed E-state index contributed by atoms with van der Waals surface area (Å²) in [4.78, 5) is 21.9. The van der Waals surface area contributed by atoms with Gasteiger partial charge in [0.15, 0.2) is 0 Å². The Balaban J connectivity index is 2.09. The zero-order valence-electron chi connectivity index (χ0n) is 11.4. The molecule has 1 aromatic carbocycles. The van der Waals surface area contributed by atoms with Crippen molar-refractivity contribution in [3.8, 4) is 0 Å². The summed E-state index contributed by atoms with van der Waals surface area (Å²) in [6.07, 6.45) is 1.51. The van der Waals surface area contributed by atoms with E-state index in [9.17, 15) is 14.9 Å². The van der Waals surface area contributed by atoms with Crippen LogP contribution in [0.2, 0.25) is 0 Å². The summed E-state index contributed by atoms with van der Waals surface area (Å²) < 4.78 is 6.89. The lowest BCUT2D eigenvalue weighted by Gasteiger charge is -2.04. The van der Waals surface area contributed by atoms with Crippen LogP contribution in [0.4, 0.5) is 5.82 Å². The Bertz CT molecular complexity index is 945. The van der Waals surface area contributed by atoms with Gasteiger partial charge in [0, 0.05) is 11.5 Å². The molecule has 0 fully saturated rings. The maximum atomic E-state index is 11.7. The third kappa shape index (κ3) is 2.64. The van der Waals surface area contributed by atoms with Crippen molar-refractivity contribution in [3.05, 3.63) is 66.6 Å². The van der Waals surface area contributed by atoms with Crippen LogP contribution < -0.4 is 5.63 Å². The molecule has 3 rings (SSSR count). The largest absolute Gasteiger partial charge is 0.423 e. The number of benzene rings is 1. The van der Waals surface area contributed by atoms with Crippen molar-refractivity contribution in [2.24, 2.45) is 0 Å². The smallest absolute Gasteiger partial charge is 0.404 e. The van der Waals surface area contributed by atoms with Gasteiger partial charge < -0.3 is 14.5 Å². The number of fused-ring (bicyclic) bond motifs is 1. The van der Waals surface area contributed by atoms with Gasteiger partial charge in [0.2, 0.25) is 0 Å². The third-order valence-electron chi connectivity index (χ3n) is 3.19. The molecule has 22 heavy (non-hydrogen) atoms. The first-order valence-electron chi connectivity index (χ1n) is 6.35. The zero-order chi connectivity index (χ0) is 15.9. The van der Waals surface area contributed by atoms with Crippen LogP contribution in [0, 0.1) is 17.0 Å². The standard InChI is InChI=1S/C14H10BrN3O4/c1-8-2-3-10-9(5-13(19)22-12(10)4-8)6-17-7-11(15)14(16-17)18(20)21/h2-5,7H,6H2,1H3. The van der Waals surface area contributed by atoms with Gasteiger partial charge in [-0.2, -0.15) is 4.68 Å². The number of rotatable bonds is 3. The summed E-state index contributed by atoms with van der Waals surface area (Å²) >= 11 is 3.10. The first kappa shape index (κ1) is 14.5. The predicted molar refractivity (Wildman–Crippen MR) is 82.9 cm³/mol. The van der Waals surface area contributed by atoms with Crippen LogP contribution in [0.5, 0.6) is 0 Å². The maximum absolute atomic E-state index is 11.7. The summed E-state index contributed by atoms with van der Waals surface area (Å²) in [6.45, 7) is 2.14. The minimum absolute atomic E-state index is 0.234. The van der Waals surface area contributed by atoms with E-state index in [0.717, 1.165) is 10.9 Å². The monoisotopic (exact) mass is 363 g/mol. The second-order valence-corrected chi connectivity index (χ2v) is 5.70. The number of hydrogen-bond acceptors (Lipinski definition) is 5. The molecule has 0 unspecified atom stereocenters. The number of hydrogen-bond donors (Lipinski definition) is 0. The van der Waals surface area contributed by atoms with Gasteiger partial charge in [0.25, 0.3) is 0 Å². The van der Waals surface area contributed by atoms with Crippen molar-refractivity contribution in [2.75, 3.05) is 0 Å². The molecule has 0 aliphatic carbocycles. The molecule has 2 aromatic heterocycles. The van der Waals surface area contributed by atoms with Crippen LogP contribution in [0.15, 0.2) is 44.1 Å². The lowest BCUT2D eigenvalue weighted by Crippen LogP contribution is -2.06. The van der Waals surface area contributed by atoms with Crippen LogP contribution in [0.3, 0.4) is 0 Å². The van der Waals surface area contributed by atoms with Crippen LogP contribution in [-0.2, 0) is 6.54 Å². The molecule has 8 heteroatoms. The molecule has 0 aliphatic heterocycles. The topological polar surface area (TPSA) is 91.2 Å². The van der Waals surface area contributed by atoms with E-state index in [2.05, 4.69) is 21.0 Å². The van der Waals surface area contributed by atoms with Crippen LogP contribution >= 0.6 is 15.9 Å². The van der Waals surface area contributed by atoms with Crippen LogP contribution in [0.25, 0.3) is 11.0 Å². The summed E-state index contributed by atoms with van der Waals surface area (Å²) in [6, 6.07) is 6.92. The minimum Gasteiger partial charge on any atom is -0.423 e. The SMILES string of the molecule is Cc1ccc2c(Cn3cc(Br)c([N+](=O)[O-])n3)cc(=O)oc2c1. The average Bonchev–Trinajstić information content (AvgIpc) is 2.79. The number of aryl methyl sites for hydroxylation is 1. The number of nitrogens with zero attached hydrogens (tertiary/aromatic N) is 3. The van der Waals surface area contributed by atoms with Crippen LogP contribution in [0.1, 0.15) is 11.1 Å². The highest BCUT2D eigenvalue weighted by atomic mass is 79.9. The first-order valence-corrected chi connectivity index (χ1v) is 7.14. The highest BCUT2D eigenvalue weighted by molar-refractivity contribution is 9.10. The highest BCUT2D eigenvalue weighted by Crippen LogP contribution is 2.24. The van der Waals surface area contributed by atoms with Gasteiger partial charge in [-0.3, -0.25) is 0 Å². The van der Waals surface area contributed by atoms with E-state index in [1.807, 2.05) is 19.1 Å². The molecule has 0 N–H and O–H groups in total. The van der Waals surface area contributed by atoms with Gasteiger partial charge in [-0.05, 0) is 45.0 Å². The molecule has 112 valence electrons. The fourth-order valence-electron chi connectivity index (χ4n) is 2.23. The van der Waals surface area contributed by atoms with Crippen molar-refractivity contribution < 1.29 is 9.34 Å². The normalized spacial score (nSPS) is 11.0. The molecule has 0 saturated carbocycles. The average molecular weight is 364 g/mol. The molecule has 0 bridgehead atoms. The van der Waals surface area contributed by atoms with Crippen molar-refractivity contribution in [1.82, 2.24) is 9.78 Å². The second kappa shape index (κ2) is 5.38. The Morgan fingerprint density at radius 3 is 2.86 bits per heavy atom. The first-order chi connectivity index (χ1) is 10.4. The second-order valence-electron chi connectivity index (χ2n) is 4.85. The van der Waals surface area contributed by atoms with Crippen molar-refractivity contribution in [3.63, 3.8) is 0 Å². The lowest BCUT2D eigenvalue weighted by molar-refractivity contribution is -0.390. The summed E-state index contributed by atoms with van der Waals surface area (Å²) in [7, 11) is 0. The van der Waals surface area contributed by atoms with Gasteiger partial charge in [-0.15, -0.1) is 0 Å². The van der Waals surface area contributed by atoms with Crippen molar-refractivity contribution in [1.29, 1.82) is 0 Å². The molecule has 0 amide bonds.